The first kappa shape index (κ1) is 91.7. The number of nitrogens with one attached hydrogen (secondary N) is 9. The molecule has 0 aromatic heterocycles. The van der Waals surface area contributed by atoms with Gasteiger partial charge in [0.05, 0.1) is 19.8 Å². The minimum absolute atomic E-state index is 0.0108. The summed E-state index contributed by atoms with van der Waals surface area (Å²) in [6, 6.07) is 3.62. The second kappa shape index (κ2) is 52.4. The van der Waals surface area contributed by atoms with E-state index in [4.69, 9.17) is 33.2 Å². The molecule has 17 atom stereocenters. The van der Waals surface area contributed by atoms with E-state index in [1.54, 1.807) is 0 Å². The first-order valence-corrected chi connectivity index (χ1v) is 37.3. The molecule has 4 rings (SSSR count). The van der Waals surface area contributed by atoms with Gasteiger partial charge in [0, 0.05) is 98.9 Å². The van der Waals surface area contributed by atoms with E-state index in [0.29, 0.717) is 96.4 Å². The Morgan fingerprint density at radius 1 is 0.387 bits per heavy atom. The number of hydrogen-bond acceptors (Lipinski definition) is 26. The molecule has 106 heavy (non-hydrogen) atoms. The van der Waals surface area contributed by atoms with Crippen molar-refractivity contribution in [1.29, 1.82) is 0 Å². The van der Waals surface area contributed by atoms with Crippen molar-refractivity contribution in [3.05, 3.63) is 35.9 Å². The maximum atomic E-state index is 13.9. The van der Waals surface area contributed by atoms with Gasteiger partial charge in [-0.15, -0.1) is 0 Å². The summed E-state index contributed by atoms with van der Waals surface area (Å²) in [5.74, 6) is -4.89. The standard InChI is InChI=1S/C71H119N9O26/c1-44(84)76-58-64(95)61(92)50(40-81)104-69(58)100-37-20-9-6-17-34-73-54(88)31-29-48(67(98)74-35-18-7-10-21-38-101-70-59(77-45(2)85)65(96)62(93)51(41-82)105-70)80-56(90)32-30-49(68(99)75-36-19-8-11-22-39-102-71-60(78-46(3)86)66(97)63(94)52(42-83)106-71)79-55(89)27-23-26-53(87)72-33-16-5-4-15-28-57(91)103-43-47-24-13-12-14-25-47/h12-14,24-25,48-52,58-66,69-71,81-83,92-97H,4-11,15-23,26-43H2,1-3H3,(H,72,87)(H,73,88)(H,74,98)(H,75,99)(H,76,84)(H,77,85)(H,78,86)(H,79,89)(H,80,90)/t48?,49?,50-,51-,52-,58-,59-,60-,61+,62+,63+,64-,65-,66-,69-,70-,71-/m1/s1. The van der Waals surface area contributed by atoms with Crippen LogP contribution in [0.5, 0.6) is 0 Å². The Morgan fingerprint density at radius 3 is 1.09 bits per heavy atom. The molecule has 0 bridgehead atoms. The number of aliphatic hydroxyl groups is 9. The fraction of sp³-hybridized carbons (Fsp3) is 0.775. The Balaban J connectivity index is 1.32. The van der Waals surface area contributed by atoms with Gasteiger partial charge in [0.1, 0.15) is 91.8 Å². The molecule has 604 valence electrons. The van der Waals surface area contributed by atoms with E-state index in [1.165, 1.54) is 20.8 Å². The van der Waals surface area contributed by atoms with Gasteiger partial charge in [0.15, 0.2) is 18.9 Å². The zero-order chi connectivity index (χ0) is 77.8. The molecule has 0 spiro atoms. The molecule has 1 aromatic rings. The van der Waals surface area contributed by atoms with Crippen LogP contribution in [0.4, 0.5) is 0 Å². The molecule has 3 aliphatic heterocycles. The van der Waals surface area contributed by atoms with Gasteiger partial charge in [0.25, 0.3) is 0 Å². The monoisotopic (exact) mass is 1510 g/mol. The molecule has 3 saturated heterocycles. The number of rotatable bonds is 53. The van der Waals surface area contributed by atoms with Crippen LogP contribution in [-0.4, -0.2) is 275 Å². The van der Waals surface area contributed by atoms with Crippen molar-refractivity contribution >= 4 is 59.1 Å². The highest BCUT2D eigenvalue weighted by Crippen LogP contribution is 2.26. The Kier molecular flexibility index (Phi) is 45.3. The molecule has 9 amide bonds. The first-order chi connectivity index (χ1) is 50.9. The second-order valence-corrected chi connectivity index (χ2v) is 26.9. The second-order valence-electron chi connectivity index (χ2n) is 26.9. The van der Waals surface area contributed by atoms with E-state index >= 15 is 0 Å². The fourth-order valence-electron chi connectivity index (χ4n) is 12.1. The van der Waals surface area contributed by atoms with Crippen LogP contribution in [0, 0.1) is 0 Å². The van der Waals surface area contributed by atoms with Gasteiger partial charge < -0.3 is 127 Å². The van der Waals surface area contributed by atoms with Gasteiger partial charge in [-0.25, -0.2) is 0 Å². The third-order valence-corrected chi connectivity index (χ3v) is 18.0. The largest absolute Gasteiger partial charge is 0.461 e. The summed E-state index contributed by atoms with van der Waals surface area (Å²) < 4.78 is 39.6. The van der Waals surface area contributed by atoms with Crippen LogP contribution in [-0.2, 0) is 87.7 Å². The average molecular weight is 1510 g/mol. The number of unbranched alkanes of at least 4 members (excludes halogenated alkanes) is 12. The number of benzene rings is 1. The fourth-order valence-corrected chi connectivity index (χ4v) is 12.1. The number of carbonyl (C=O) groups is 10. The van der Waals surface area contributed by atoms with E-state index in [2.05, 4.69) is 47.9 Å². The topological polar surface area (TPSA) is 526 Å². The van der Waals surface area contributed by atoms with E-state index in [0.717, 1.165) is 18.4 Å². The third-order valence-electron chi connectivity index (χ3n) is 18.0. The molecule has 3 aliphatic rings. The lowest BCUT2D eigenvalue weighted by molar-refractivity contribution is -0.270. The van der Waals surface area contributed by atoms with Crippen LogP contribution in [0.25, 0.3) is 0 Å². The number of amides is 9. The molecule has 0 aliphatic carbocycles. The van der Waals surface area contributed by atoms with Crippen LogP contribution >= 0.6 is 0 Å². The molecule has 35 heteroatoms. The lowest BCUT2D eigenvalue weighted by atomic mass is 9.97. The van der Waals surface area contributed by atoms with Crippen LogP contribution in [0.3, 0.4) is 0 Å². The summed E-state index contributed by atoms with van der Waals surface area (Å²) in [5, 5.41) is 116. The molecular formula is C71H119N9O26. The third kappa shape index (κ3) is 35.6. The molecule has 0 saturated carbocycles. The molecule has 3 heterocycles. The van der Waals surface area contributed by atoms with Gasteiger partial charge >= 0.3 is 5.97 Å². The summed E-state index contributed by atoms with van der Waals surface area (Å²) in [4.78, 5) is 129. The van der Waals surface area contributed by atoms with Crippen LogP contribution in [0.2, 0.25) is 0 Å². The zero-order valence-corrected chi connectivity index (χ0v) is 61.4. The van der Waals surface area contributed by atoms with Crippen molar-refractivity contribution in [2.24, 2.45) is 0 Å². The van der Waals surface area contributed by atoms with E-state index in [9.17, 15) is 93.9 Å². The van der Waals surface area contributed by atoms with Crippen molar-refractivity contribution in [2.75, 3.05) is 65.8 Å². The molecular weight excluding hydrogens is 1390 g/mol. The summed E-state index contributed by atoms with van der Waals surface area (Å²) in [6.45, 7) is 3.48. The van der Waals surface area contributed by atoms with Crippen molar-refractivity contribution < 1.29 is 127 Å². The lowest BCUT2D eigenvalue weighted by Gasteiger charge is -2.42. The van der Waals surface area contributed by atoms with Crippen LogP contribution in [0.1, 0.15) is 180 Å². The molecule has 3 fully saturated rings. The quantitative estimate of drug-likeness (QED) is 0.0235. The Hall–Kier alpha value is -6.68. The lowest BCUT2D eigenvalue weighted by Crippen LogP contribution is -2.64. The molecule has 2 unspecified atom stereocenters. The van der Waals surface area contributed by atoms with Gasteiger partial charge in [-0.3, -0.25) is 47.9 Å². The highest BCUT2D eigenvalue weighted by atomic mass is 16.7. The number of ether oxygens (including phenoxy) is 7. The summed E-state index contributed by atoms with van der Waals surface area (Å²) in [6.07, 6.45) is -6.79. The predicted octanol–water partition coefficient (Wildman–Crippen LogP) is -2.59. The van der Waals surface area contributed by atoms with E-state index in [-0.39, 0.29) is 109 Å². The Morgan fingerprint density at radius 2 is 0.717 bits per heavy atom. The Labute approximate surface area is 619 Å². The van der Waals surface area contributed by atoms with Crippen molar-refractivity contribution in [2.45, 2.75) is 285 Å². The SMILES string of the molecule is CC(=O)N[C@H]1[C@H](OCCCCCCNC(=O)CCC(NC(=O)CCC(NC(=O)CCCC(=O)NCCCCCCC(=O)OCc2ccccc2)C(=O)NCCCCCCO[C@@H]2O[C@H](CO)[C@H](O)[C@H](O)[C@H]2NC(C)=O)C(=O)NCCCCCCO[C@@H]2O[C@H](CO)[C@H](O)[C@H](O)[C@H]2NC(C)=O)O[C@H](CO)[C@H](O)[C@@H]1O. The van der Waals surface area contributed by atoms with Gasteiger partial charge in [0.2, 0.25) is 53.2 Å². The maximum absolute atomic E-state index is 13.9. The van der Waals surface area contributed by atoms with Crippen molar-refractivity contribution in [3.8, 4) is 0 Å². The number of aliphatic hydroxyl groups excluding tert-OH is 9. The Bertz CT molecular complexity index is 2770. The molecule has 1 aromatic carbocycles. The molecule has 35 nitrogen and oxygen atoms in total. The van der Waals surface area contributed by atoms with Crippen molar-refractivity contribution in [3.63, 3.8) is 0 Å². The minimum Gasteiger partial charge on any atom is -0.461 e. The smallest absolute Gasteiger partial charge is 0.306 e. The van der Waals surface area contributed by atoms with Crippen LogP contribution in [0.15, 0.2) is 30.3 Å². The van der Waals surface area contributed by atoms with Gasteiger partial charge in [-0.05, 0) is 76.2 Å². The predicted molar refractivity (Wildman–Crippen MR) is 377 cm³/mol. The zero-order valence-electron chi connectivity index (χ0n) is 61.4. The number of carbonyl (C=O) groups excluding carboxylic acids is 10. The molecule has 18 N–H and O–H groups in total. The van der Waals surface area contributed by atoms with Crippen LogP contribution < -0.4 is 47.9 Å². The van der Waals surface area contributed by atoms with Gasteiger partial charge in [-0.1, -0.05) is 81.7 Å². The maximum Gasteiger partial charge on any atom is 0.306 e. The summed E-state index contributed by atoms with van der Waals surface area (Å²) >= 11 is 0. The first-order valence-electron chi connectivity index (χ1n) is 37.3. The highest BCUT2D eigenvalue weighted by molar-refractivity contribution is 5.90. The summed E-state index contributed by atoms with van der Waals surface area (Å²) in [7, 11) is 0. The van der Waals surface area contributed by atoms with Crippen molar-refractivity contribution in [1.82, 2.24) is 47.9 Å². The number of hydrogen-bond donors (Lipinski definition) is 18. The van der Waals surface area contributed by atoms with Gasteiger partial charge in [-0.2, -0.15) is 0 Å². The average Bonchev–Trinajstić information content (AvgIpc) is 0.821. The van der Waals surface area contributed by atoms with E-state index in [1.807, 2.05) is 30.3 Å². The normalized spacial score (nSPS) is 24.8. The minimum atomic E-state index is -1.47. The molecule has 0 radical (unpaired) electrons. The van der Waals surface area contributed by atoms with E-state index < -0.39 is 171 Å². The summed E-state index contributed by atoms with van der Waals surface area (Å²) in [5.41, 5.74) is 0.901. The number of esters is 1. The highest BCUT2D eigenvalue weighted by Gasteiger charge is 2.48.